The fourth-order valence-corrected chi connectivity index (χ4v) is 2.83. The molecule has 0 radical (unpaired) electrons. The number of rotatable bonds is 3. The summed E-state index contributed by atoms with van der Waals surface area (Å²) >= 11 is 7.23. The number of benzene rings is 1. The fraction of sp³-hybridized carbons (Fsp3) is 0.190. The predicted molar refractivity (Wildman–Crippen MR) is 109 cm³/mol. The van der Waals surface area contributed by atoms with Gasteiger partial charge in [-0.2, -0.15) is 11.3 Å². The van der Waals surface area contributed by atoms with Crippen LogP contribution in [0.15, 0.2) is 30.5 Å². The second-order valence-corrected chi connectivity index (χ2v) is 7.08. The molecule has 2 heterocycles. The zero-order valence-corrected chi connectivity index (χ0v) is 18.1. The minimum Gasteiger partial charge on any atom is -0.496 e. The number of halogens is 1. The van der Waals surface area contributed by atoms with Gasteiger partial charge in [-0.1, -0.05) is 23.2 Å². The number of ether oxygens (including phenoxy) is 1. The molecular formula is C21H13ClN4NiO2S. The van der Waals surface area contributed by atoms with Crippen LogP contribution in [0.1, 0.15) is 29.0 Å². The van der Waals surface area contributed by atoms with E-state index in [0.29, 0.717) is 33.9 Å². The maximum atomic E-state index is 11.0. The Bertz CT molecular complexity index is 1120. The number of nitrogens with zero attached hydrogens (tertiary/aromatic N) is 4. The first-order chi connectivity index (χ1) is 14.1. The van der Waals surface area contributed by atoms with Crippen molar-refractivity contribution in [3.8, 4) is 34.8 Å². The van der Waals surface area contributed by atoms with E-state index < -0.39 is 0 Å². The normalized spacial score (nSPS) is 11.5. The van der Waals surface area contributed by atoms with Crippen LogP contribution in [0.4, 0.5) is 0 Å². The van der Waals surface area contributed by atoms with E-state index in [9.17, 15) is 4.79 Å². The molecule has 0 bridgehead atoms. The number of hydrogen-bond donors (Lipinski definition) is 0. The van der Waals surface area contributed by atoms with Crippen molar-refractivity contribution in [3.63, 3.8) is 0 Å². The maximum absolute atomic E-state index is 11.0. The van der Waals surface area contributed by atoms with E-state index in [1.54, 1.807) is 18.2 Å². The van der Waals surface area contributed by atoms with Gasteiger partial charge in [0.15, 0.2) is 0 Å². The summed E-state index contributed by atoms with van der Waals surface area (Å²) in [5.74, 6) is 7.16. The van der Waals surface area contributed by atoms with Crippen molar-refractivity contribution < 1.29 is 26.0 Å². The number of aromatic nitrogens is 3. The van der Waals surface area contributed by atoms with E-state index in [0.717, 1.165) is 5.01 Å². The van der Waals surface area contributed by atoms with Crippen molar-refractivity contribution in [1.29, 1.82) is 5.26 Å². The molecule has 0 spiro atoms. The van der Waals surface area contributed by atoms with Crippen molar-refractivity contribution in [2.75, 3.05) is 7.11 Å². The summed E-state index contributed by atoms with van der Waals surface area (Å²) in [6.07, 6.45) is 5.82. The molecule has 0 atom stereocenters. The van der Waals surface area contributed by atoms with Gasteiger partial charge in [-0.25, -0.2) is 10.1 Å². The molecule has 152 valence electrons. The minimum atomic E-state index is 0. The van der Waals surface area contributed by atoms with Crippen LogP contribution >= 0.6 is 22.9 Å². The third kappa shape index (κ3) is 6.37. The Kier molecular flexibility index (Phi) is 8.96. The zero-order valence-electron chi connectivity index (χ0n) is 15.6. The number of hydrogen-bond acceptors (Lipinski definition) is 7. The molecule has 0 amide bonds. The molecule has 1 saturated carbocycles. The molecule has 0 saturated heterocycles. The van der Waals surface area contributed by atoms with E-state index in [1.165, 1.54) is 43.6 Å². The van der Waals surface area contributed by atoms with E-state index in [4.69, 9.17) is 21.6 Å². The zero-order chi connectivity index (χ0) is 20.6. The van der Waals surface area contributed by atoms with Crippen molar-refractivity contribution in [3.05, 3.63) is 57.3 Å². The van der Waals surface area contributed by atoms with Gasteiger partial charge in [-0.05, 0) is 24.5 Å². The van der Waals surface area contributed by atoms with Crippen LogP contribution in [0.5, 0.6) is 5.75 Å². The summed E-state index contributed by atoms with van der Waals surface area (Å²) in [4.78, 5) is 14.9. The molecule has 1 aliphatic carbocycles. The van der Waals surface area contributed by atoms with E-state index in [1.807, 2.05) is 12.4 Å². The monoisotopic (exact) mass is 478 g/mol. The molecule has 0 N–H and O–H groups in total. The van der Waals surface area contributed by atoms with Crippen LogP contribution in [-0.4, -0.2) is 28.6 Å². The number of pyridine rings is 1. The van der Waals surface area contributed by atoms with Gasteiger partial charge in [0.2, 0.25) is 0 Å². The summed E-state index contributed by atoms with van der Waals surface area (Å²) in [6, 6.07) is 8.28. The quantitative estimate of drug-likeness (QED) is 0.245. The minimum absolute atomic E-state index is 0. The van der Waals surface area contributed by atoms with Crippen molar-refractivity contribution >= 4 is 29.2 Å². The summed E-state index contributed by atoms with van der Waals surface area (Å²) in [6.45, 7) is 0. The Balaban J connectivity index is 0.000000245. The smallest absolute Gasteiger partial charge is 0.496 e. The second-order valence-electron chi connectivity index (χ2n) is 5.92. The fourth-order valence-electron chi connectivity index (χ4n) is 2.31. The molecule has 3 aromatic rings. The maximum Gasteiger partial charge on any atom is 2.00 e. The van der Waals surface area contributed by atoms with Gasteiger partial charge in [0.25, 0.3) is 0 Å². The summed E-state index contributed by atoms with van der Waals surface area (Å²) in [5, 5.41) is 17.3. The van der Waals surface area contributed by atoms with Gasteiger partial charge in [0.1, 0.15) is 10.9 Å². The van der Waals surface area contributed by atoms with Gasteiger partial charge in [0.05, 0.1) is 25.7 Å². The van der Waals surface area contributed by atoms with E-state index in [-0.39, 0.29) is 21.6 Å². The molecule has 2 aromatic heterocycles. The van der Waals surface area contributed by atoms with E-state index in [2.05, 4.69) is 32.5 Å². The molecular weight excluding hydrogens is 466 g/mol. The first-order valence-corrected chi connectivity index (χ1v) is 9.67. The molecule has 1 aliphatic rings. The van der Waals surface area contributed by atoms with Gasteiger partial charge in [-0.15, -0.1) is 29.0 Å². The second kappa shape index (κ2) is 11.4. The molecule has 30 heavy (non-hydrogen) atoms. The van der Waals surface area contributed by atoms with Crippen LogP contribution in [0.3, 0.4) is 0 Å². The number of methoxy groups -OCH3 is 1. The molecule has 1 aromatic carbocycles. The standard InChI is InChI=1S/C14H8ClN2O2.C7H5N2S.Ni/c1-19-13-7-17-14(15)5-12(13)11-4-9(6-16)2-3-10(11)8-18;1-2-6(1)3-4-7-9-8-5-10-7;/h2-5,7H,1H3;6H,1-2H2;/q2*-1;+2. The average Bonchev–Trinajstić information content (AvgIpc) is 3.45. The molecule has 0 aliphatic heterocycles. The molecule has 6 nitrogen and oxygen atoms in total. The summed E-state index contributed by atoms with van der Waals surface area (Å²) in [7, 11) is 1.49. The largest absolute Gasteiger partial charge is 2.00 e. The van der Waals surface area contributed by atoms with Crippen molar-refractivity contribution in [2.45, 2.75) is 12.8 Å². The number of nitriles is 1. The van der Waals surface area contributed by atoms with Crippen molar-refractivity contribution in [2.24, 2.45) is 5.92 Å². The van der Waals surface area contributed by atoms with Crippen LogP contribution in [0, 0.1) is 34.6 Å². The van der Waals surface area contributed by atoms with Gasteiger partial charge >= 0.3 is 16.5 Å². The first kappa shape index (κ1) is 23.5. The predicted octanol–water partition coefficient (Wildman–Crippen LogP) is 3.84. The molecule has 4 rings (SSSR count). The topological polar surface area (TPSA) is 88.8 Å². The molecule has 9 heteroatoms. The van der Waals surface area contributed by atoms with Crippen LogP contribution in [-0.2, 0) is 21.3 Å². The summed E-state index contributed by atoms with van der Waals surface area (Å²) in [5.41, 5.74) is 4.55. The summed E-state index contributed by atoms with van der Waals surface area (Å²) < 4.78 is 5.19. The van der Waals surface area contributed by atoms with Gasteiger partial charge < -0.3 is 20.9 Å². The van der Waals surface area contributed by atoms with Crippen LogP contribution in [0.25, 0.3) is 11.1 Å². The van der Waals surface area contributed by atoms with Crippen LogP contribution in [0.2, 0.25) is 5.15 Å². The third-order valence-corrected chi connectivity index (χ3v) is 4.64. The Morgan fingerprint density at radius 3 is 2.73 bits per heavy atom. The number of carbonyl (C=O) groups excluding carboxylic acids is 1. The van der Waals surface area contributed by atoms with Crippen LogP contribution < -0.4 is 4.74 Å². The van der Waals surface area contributed by atoms with Crippen molar-refractivity contribution in [1.82, 2.24) is 15.2 Å². The SMILES string of the molecule is C(#CC1CC1)c1nn[c-]s1.COc1cnc(Cl)cc1-c1cc(C#N)ccc1[C-]=O.[Ni+2]. The Hall–Kier alpha value is -2.77. The Morgan fingerprint density at radius 1 is 1.33 bits per heavy atom. The molecule has 1 fully saturated rings. The Morgan fingerprint density at radius 2 is 2.13 bits per heavy atom. The molecule has 0 unspecified atom stereocenters. The van der Waals surface area contributed by atoms with E-state index >= 15 is 0 Å². The van der Waals surface area contributed by atoms with Gasteiger partial charge in [-0.3, -0.25) is 5.10 Å². The van der Waals surface area contributed by atoms with Gasteiger partial charge in [0, 0.05) is 16.5 Å². The average molecular weight is 480 g/mol. The first-order valence-electron chi connectivity index (χ1n) is 8.48. The Labute approximate surface area is 193 Å². The third-order valence-electron chi connectivity index (χ3n) is 3.89.